The third-order valence-corrected chi connectivity index (χ3v) is 5.73. The molecule has 9 heteroatoms. The van der Waals surface area contributed by atoms with E-state index in [1.807, 2.05) is 59.3 Å². The van der Waals surface area contributed by atoms with Gasteiger partial charge < -0.3 is 16.0 Å². The van der Waals surface area contributed by atoms with E-state index in [1.165, 1.54) is 6.92 Å². The summed E-state index contributed by atoms with van der Waals surface area (Å²) in [7, 11) is 0. The van der Waals surface area contributed by atoms with E-state index >= 15 is 0 Å². The second kappa shape index (κ2) is 10.7. The molecule has 0 saturated carbocycles. The Morgan fingerprint density at radius 3 is 2.35 bits per heavy atom. The number of benzene rings is 2. The molecule has 37 heavy (non-hydrogen) atoms. The fourth-order valence-corrected chi connectivity index (χ4v) is 4.04. The molecule has 0 aliphatic rings. The fraction of sp³-hybridized carbons (Fsp3) is 0.107. The van der Waals surface area contributed by atoms with E-state index in [0.29, 0.717) is 29.6 Å². The van der Waals surface area contributed by atoms with Crippen molar-refractivity contribution in [3.8, 4) is 5.82 Å². The molecular formula is C28H25N7O2. The van der Waals surface area contributed by atoms with Gasteiger partial charge in [-0.3, -0.25) is 19.1 Å². The van der Waals surface area contributed by atoms with Gasteiger partial charge in [0.15, 0.2) is 5.82 Å². The lowest BCUT2D eigenvalue weighted by Crippen LogP contribution is -2.14. The highest BCUT2D eigenvalue weighted by Crippen LogP contribution is 2.25. The molecule has 5 aromatic rings. The number of hydrogen-bond acceptors (Lipinski definition) is 6. The maximum Gasteiger partial charge on any atom is 0.228 e. The number of nitrogens with one attached hydrogen (secondary N) is 3. The first kappa shape index (κ1) is 23.7. The Bertz CT molecular complexity index is 1530. The van der Waals surface area contributed by atoms with Crippen molar-refractivity contribution in [1.82, 2.24) is 19.7 Å². The zero-order valence-electron chi connectivity index (χ0n) is 20.2. The zero-order chi connectivity index (χ0) is 25.6. The minimum atomic E-state index is -0.145. The molecule has 0 aliphatic heterocycles. The van der Waals surface area contributed by atoms with E-state index in [4.69, 9.17) is 0 Å². The summed E-state index contributed by atoms with van der Waals surface area (Å²) in [5.41, 5.74) is 4.20. The summed E-state index contributed by atoms with van der Waals surface area (Å²) in [6.07, 6.45) is 5.67. The summed E-state index contributed by atoms with van der Waals surface area (Å²) >= 11 is 0. The largest absolute Gasteiger partial charge is 0.364 e. The molecule has 2 amide bonds. The molecule has 0 fully saturated rings. The van der Waals surface area contributed by atoms with Crippen molar-refractivity contribution in [3.05, 3.63) is 103 Å². The number of para-hydroxylation sites is 1. The van der Waals surface area contributed by atoms with Gasteiger partial charge in [-0.05, 0) is 59.7 Å². The first-order chi connectivity index (χ1) is 18.0. The van der Waals surface area contributed by atoms with Crippen LogP contribution in [0.3, 0.4) is 0 Å². The van der Waals surface area contributed by atoms with Crippen LogP contribution in [0.4, 0.5) is 17.2 Å². The highest BCUT2D eigenvalue weighted by Gasteiger charge is 2.14. The maximum atomic E-state index is 12.8. The van der Waals surface area contributed by atoms with Crippen molar-refractivity contribution >= 4 is 39.9 Å². The van der Waals surface area contributed by atoms with Gasteiger partial charge >= 0.3 is 0 Å². The molecule has 3 N–H and O–H groups in total. The normalized spacial score (nSPS) is 10.7. The van der Waals surface area contributed by atoms with Crippen molar-refractivity contribution in [2.24, 2.45) is 0 Å². The number of fused-ring (bicyclic) bond motifs is 1. The Morgan fingerprint density at radius 2 is 1.65 bits per heavy atom. The number of hydrogen-bond donors (Lipinski definition) is 3. The fourth-order valence-electron chi connectivity index (χ4n) is 4.04. The number of aromatic nitrogens is 4. The number of amides is 2. The van der Waals surface area contributed by atoms with Crippen LogP contribution >= 0.6 is 0 Å². The lowest BCUT2D eigenvalue weighted by molar-refractivity contribution is -0.116. The molecule has 0 bridgehead atoms. The summed E-state index contributed by atoms with van der Waals surface area (Å²) in [5, 5.41) is 18.6. The number of pyridine rings is 1. The van der Waals surface area contributed by atoms with Gasteiger partial charge in [0.1, 0.15) is 5.82 Å². The van der Waals surface area contributed by atoms with Crippen LogP contribution in [0.2, 0.25) is 0 Å². The average Bonchev–Trinajstić information content (AvgIpc) is 3.27. The Hall–Kier alpha value is -5.05. The second-order valence-corrected chi connectivity index (χ2v) is 8.52. The van der Waals surface area contributed by atoms with E-state index in [1.54, 1.807) is 36.7 Å². The van der Waals surface area contributed by atoms with Gasteiger partial charge in [-0.2, -0.15) is 0 Å². The monoisotopic (exact) mass is 491 g/mol. The van der Waals surface area contributed by atoms with Crippen molar-refractivity contribution in [2.45, 2.75) is 19.9 Å². The van der Waals surface area contributed by atoms with Crippen LogP contribution in [-0.4, -0.2) is 31.6 Å². The van der Waals surface area contributed by atoms with Gasteiger partial charge in [0.25, 0.3) is 0 Å². The molecule has 0 unspecified atom stereocenters. The summed E-state index contributed by atoms with van der Waals surface area (Å²) < 4.78 is 1.94. The van der Waals surface area contributed by atoms with Crippen LogP contribution in [0.15, 0.2) is 91.4 Å². The number of anilines is 3. The lowest BCUT2D eigenvalue weighted by Gasteiger charge is -2.07. The summed E-state index contributed by atoms with van der Waals surface area (Å²) in [6.45, 7) is 2.05. The molecule has 0 radical (unpaired) electrons. The van der Waals surface area contributed by atoms with Gasteiger partial charge in [0.05, 0.1) is 11.9 Å². The standard InChI is InChI=1S/C28H25N7O2/c1-19(36)31-22-8-10-23(11-9-22)32-28(37)15-21-18-35(25-7-3-2-6-24(21)25)27-13-12-26(33-34-27)30-17-20-5-4-14-29-16-20/h2-14,16,18H,15,17H2,1H3,(H,30,33)(H,31,36)(H,32,37). The van der Waals surface area contributed by atoms with Gasteiger partial charge in [0.2, 0.25) is 11.8 Å². The van der Waals surface area contributed by atoms with Gasteiger partial charge in [-0.15, -0.1) is 10.2 Å². The molecule has 0 atom stereocenters. The molecule has 5 rings (SSSR count). The Kier molecular flexibility index (Phi) is 6.84. The van der Waals surface area contributed by atoms with E-state index < -0.39 is 0 Å². The van der Waals surface area contributed by atoms with Crippen LogP contribution in [0, 0.1) is 0 Å². The van der Waals surface area contributed by atoms with Gasteiger partial charge in [-0.25, -0.2) is 0 Å². The van der Waals surface area contributed by atoms with Crippen LogP contribution in [0.1, 0.15) is 18.1 Å². The molecule has 0 spiro atoms. The van der Waals surface area contributed by atoms with Crippen molar-refractivity contribution in [2.75, 3.05) is 16.0 Å². The second-order valence-electron chi connectivity index (χ2n) is 8.52. The number of carbonyl (C=O) groups is 2. The molecule has 2 aromatic carbocycles. The number of nitrogens with zero attached hydrogens (tertiary/aromatic N) is 4. The smallest absolute Gasteiger partial charge is 0.228 e. The predicted octanol–water partition coefficient (Wildman–Crippen LogP) is 4.57. The third-order valence-electron chi connectivity index (χ3n) is 5.73. The topological polar surface area (TPSA) is 114 Å². The van der Waals surface area contributed by atoms with Crippen molar-refractivity contribution in [3.63, 3.8) is 0 Å². The van der Waals surface area contributed by atoms with Crippen LogP contribution in [0.5, 0.6) is 0 Å². The summed E-state index contributed by atoms with van der Waals surface area (Å²) in [6, 6.07) is 22.6. The van der Waals surface area contributed by atoms with Crippen LogP contribution < -0.4 is 16.0 Å². The van der Waals surface area contributed by atoms with Crippen molar-refractivity contribution < 1.29 is 9.59 Å². The Balaban J connectivity index is 1.30. The Morgan fingerprint density at radius 1 is 0.865 bits per heavy atom. The quantitative estimate of drug-likeness (QED) is 0.293. The van der Waals surface area contributed by atoms with E-state index in [0.717, 1.165) is 22.0 Å². The lowest BCUT2D eigenvalue weighted by atomic mass is 10.1. The molecule has 184 valence electrons. The molecule has 3 aromatic heterocycles. The zero-order valence-corrected chi connectivity index (χ0v) is 20.2. The van der Waals surface area contributed by atoms with Crippen molar-refractivity contribution in [1.29, 1.82) is 0 Å². The number of carbonyl (C=O) groups excluding carboxylic acids is 2. The highest BCUT2D eigenvalue weighted by molar-refractivity contribution is 5.96. The van der Waals surface area contributed by atoms with Crippen LogP contribution in [0.25, 0.3) is 16.7 Å². The SMILES string of the molecule is CC(=O)Nc1ccc(NC(=O)Cc2cn(-c3ccc(NCc4cccnc4)nn3)c3ccccc23)cc1. The number of rotatable bonds is 8. The highest BCUT2D eigenvalue weighted by atomic mass is 16.2. The molecule has 9 nitrogen and oxygen atoms in total. The minimum Gasteiger partial charge on any atom is -0.364 e. The molecule has 0 saturated heterocycles. The molecule has 0 aliphatic carbocycles. The Labute approximate surface area is 213 Å². The first-order valence-corrected chi connectivity index (χ1v) is 11.8. The predicted molar refractivity (Wildman–Crippen MR) is 144 cm³/mol. The average molecular weight is 492 g/mol. The first-order valence-electron chi connectivity index (χ1n) is 11.8. The molecular weight excluding hydrogens is 466 g/mol. The van der Waals surface area contributed by atoms with Gasteiger partial charge in [-0.1, -0.05) is 24.3 Å². The summed E-state index contributed by atoms with van der Waals surface area (Å²) in [5.74, 6) is 1.03. The van der Waals surface area contributed by atoms with E-state index in [2.05, 4.69) is 31.1 Å². The van der Waals surface area contributed by atoms with Crippen LogP contribution in [-0.2, 0) is 22.6 Å². The van der Waals surface area contributed by atoms with E-state index in [-0.39, 0.29) is 18.2 Å². The minimum absolute atomic E-state index is 0.142. The maximum absolute atomic E-state index is 12.8. The summed E-state index contributed by atoms with van der Waals surface area (Å²) in [4.78, 5) is 28.1. The van der Waals surface area contributed by atoms with E-state index in [9.17, 15) is 9.59 Å². The third kappa shape index (κ3) is 5.79. The van der Waals surface area contributed by atoms with Gasteiger partial charge in [0, 0.05) is 48.8 Å². The molecule has 3 heterocycles.